The first kappa shape index (κ1) is 34.2. The number of carbonyl (C=O) groups is 1. The molecule has 0 bridgehead atoms. The maximum Gasteiger partial charge on any atom is 0.325 e. The molecule has 0 saturated heterocycles. The van der Waals surface area contributed by atoms with Crippen LogP contribution in [0.3, 0.4) is 0 Å². The molecule has 4 aromatic carbocycles. The number of carbonyl (C=O) groups excluding carboxylic acids is 1. The quantitative estimate of drug-likeness (QED) is 0.0821. The number of fused-ring (bicyclic) bond motifs is 1. The van der Waals surface area contributed by atoms with E-state index in [4.69, 9.17) is 14.2 Å². The minimum absolute atomic E-state index is 0. The standard InChI is InChI=1S/C32H29FN4O7S.ClH/c1-2-42-32(39)27(17-38)34-16-23-14-28(37(40)41)30(15-29(23)43-18-20-11-12-25-26(13-20)36-45-35-25)44-19-22-9-6-10-24(31(22)33)21-7-4-3-5-8-21;/h3-15,27,34,38H,2,16-19H2,1H3;1H. The van der Waals surface area contributed by atoms with Gasteiger partial charge in [-0.05, 0) is 30.2 Å². The largest absolute Gasteiger partial charge is 0.488 e. The maximum absolute atomic E-state index is 15.5. The fraction of sp³-hybridized carbons (Fsp3) is 0.219. The molecule has 5 rings (SSSR count). The Balaban J connectivity index is 0.00000480. The first-order valence-electron chi connectivity index (χ1n) is 14.0. The predicted octanol–water partition coefficient (Wildman–Crippen LogP) is 6.00. The smallest absolute Gasteiger partial charge is 0.325 e. The Morgan fingerprint density at radius 3 is 2.48 bits per heavy atom. The summed E-state index contributed by atoms with van der Waals surface area (Å²) in [6, 6.07) is 21.0. The van der Waals surface area contributed by atoms with Crippen molar-refractivity contribution in [2.75, 3.05) is 13.2 Å². The second kappa shape index (κ2) is 16.0. The summed E-state index contributed by atoms with van der Waals surface area (Å²) >= 11 is 1.09. The number of aromatic nitrogens is 2. The second-order valence-corrected chi connectivity index (χ2v) is 10.4. The van der Waals surface area contributed by atoms with Crippen LogP contribution >= 0.6 is 24.1 Å². The number of esters is 1. The van der Waals surface area contributed by atoms with Crippen LogP contribution in [-0.4, -0.2) is 44.0 Å². The minimum atomic E-state index is -1.06. The van der Waals surface area contributed by atoms with Crippen molar-refractivity contribution >= 4 is 46.8 Å². The molecule has 11 nitrogen and oxygen atoms in total. The van der Waals surface area contributed by atoms with Gasteiger partial charge in [-0.15, -0.1) is 12.4 Å². The zero-order valence-corrected chi connectivity index (χ0v) is 26.2. The van der Waals surface area contributed by atoms with E-state index in [1.165, 1.54) is 12.1 Å². The molecule has 5 aromatic rings. The van der Waals surface area contributed by atoms with Gasteiger partial charge in [-0.25, -0.2) is 4.39 Å². The molecule has 0 aliphatic rings. The third-order valence-electron chi connectivity index (χ3n) is 6.89. The van der Waals surface area contributed by atoms with Crippen LogP contribution in [0.1, 0.15) is 23.6 Å². The van der Waals surface area contributed by atoms with Crippen LogP contribution in [0.25, 0.3) is 22.2 Å². The molecule has 14 heteroatoms. The molecule has 0 aliphatic carbocycles. The Bertz CT molecular complexity index is 1810. The van der Waals surface area contributed by atoms with Crippen LogP contribution in [-0.2, 0) is 29.3 Å². The number of hydrogen-bond acceptors (Lipinski definition) is 11. The lowest BCUT2D eigenvalue weighted by Gasteiger charge is -2.18. The van der Waals surface area contributed by atoms with E-state index in [-0.39, 0.29) is 61.5 Å². The SMILES string of the molecule is CCOC(=O)C(CO)NCc1cc([N+](=O)[O-])c(OCc2cccc(-c3ccccc3)c2F)cc1OCc1ccc2nsnc2c1.Cl. The van der Waals surface area contributed by atoms with Crippen LogP contribution in [0.5, 0.6) is 11.5 Å². The number of nitro benzene ring substituents is 1. The van der Waals surface area contributed by atoms with E-state index < -0.39 is 29.4 Å². The average Bonchev–Trinajstić information content (AvgIpc) is 3.52. The molecule has 0 radical (unpaired) electrons. The predicted molar refractivity (Wildman–Crippen MR) is 173 cm³/mol. The highest BCUT2D eigenvalue weighted by Crippen LogP contribution is 2.36. The Labute approximate surface area is 273 Å². The summed E-state index contributed by atoms with van der Waals surface area (Å²) in [4.78, 5) is 23.7. The summed E-state index contributed by atoms with van der Waals surface area (Å²) < 4.78 is 40.9. The minimum Gasteiger partial charge on any atom is -0.488 e. The third kappa shape index (κ3) is 8.12. The number of ether oxygens (including phenoxy) is 3. The number of nitrogens with zero attached hydrogens (tertiary/aromatic N) is 3. The lowest BCUT2D eigenvalue weighted by molar-refractivity contribution is -0.386. The molecule has 1 aromatic heterocycles. The highest BCUT2D eigenvalue weighted by Gasteiger charge is 2.24. The number of rotatable bonds is 14. The van der Waals surface area contributed by atoms with Crippen molar-refractivity contribution in [1.29, 1.82) is 0 Å². The van der Waals surface area contributed by atoms with Gasteiger partial charge in [0.05, 0.1) is 29.9 Å². The highest BCUT2D eigenvalue weighted by molar-refractivity contribution is 7.00. The molecule has 240 valence electrons. The maximum atomic E-state index is 15.5. The number of benzene rings is 4. The lowest BCUT2D eigenvalue weighted by atomic mass is 10.0. The van der Waals surface area contributed by atoms with E-state index in [9.17, 15) is 20.0 Å². The Morgan fingerprint density at radius 2 is 1.74 bits per heavy atom. The molecule has 46 heavy (non-hydrogen) atoms. The average molecular weight is 669 g/mol. The second-order valence-electron chi connectivity index (χ2n) is 9.86. The fourth-order valence-electron chi connectivity index (χ4n) is 4.59. The van der Waals surface area contributed by atoms with E-state index in [2.05, 4.69) is 14.1 Å². The molecule has 0 saturated carbocycles. The van der Waals surface area contributed by atoms with Gasteiger partial charge in [-0.1, -0.05) is 54.6 Å². The molecule has 0 amide bonds. The monoisotopic (exact) mass is 668 g/mol. The van der Waals surface area contributed by atoms with Crippen molar-refractivity contribution in [3.05, 3.63) is 111 Å². The van der Waals surface area contributed by atoms with Gasteiger partial charge in [-0.3, -0.25) is 20.2 Å². The van der Waals surface area contributed by atoms with Crippen molar-refractivity contribution in [2.24, 2.45) is 0 Å². The van der Waals surface area contributed by atoms with Crippen LogP contribution in [0, 0.1) is 15.9 Å². The summed E-state index contributed by atoms with van der Waals surface area (Å²) in [6.45, 7) is 0.927. The lowest BCUT2D eigenvalue weighted by Crippen LogP contribution is -2.40. The molecular weight excluding hydrogens is 639 g/mol. The Hall–Kier alpha value is -4.69. The van der Waals surface area contributed by atoms with Gasteiger partial charge in [0.2, 0.25) is 5.75 Å². The number of hydrogen-bond donors (Lipinski definition) is 2. The summed E-state index contributed by atoms with van der Waals surface area (Å²) in [5.41, 5.74) is 3.44. The van der Waals surface area contributed by atoms with Crippen LogP contribution in [0.4, 0.5) is 10.1 Å². The molecule has 1 atom stereocenters. The molecule has 0 spiro atoms. The molecule has 1 heterocycles. The zero-order chi connectivity index (χ0) is 31.8. The van der Waals surface area contributed by atoms with Gasteiger partial charge in [0.15, 0.2) is 0 Å². The van der Waals surface area contributed by atoms with E-state index in [0.29, 0.717) is 22.2 Å². The Morgan fingerprint density at radius 1 is 0.978 bits per heavy atom. The first-order chi connectivity index (χ1) is 21.9. The van der Waals surface area contributed by atoms with Crippen molar-refractivity contribution in [2.45, 2.75) is 32.7 Å². The van der Waals surface area contributed by atoms with Gasteiger partial charge in [-0.2, -0.15) is 8.75 Å². The van der Waals surface area contributed by atoms with Crippen LogP contribution < -0.4 is 14.8 Å². The molecule has 0 fully saturated rings. The van der Waals surface area contributed by atoms with Gasteiger partial charge in [0.25, 0.3) is 0 Å². The zero-order valence-electron chi connectivity index (χ0n) is 24.6. The summed E-state index contributed by atoms with van der Waals surface area (Å²) in [5, 5.41) is 24.7. The summed E-state index contributed by atoms with van der Waals surface area (Å²) in [6.07, 6.45) is 0. The number of halogens is 2. The van der Waals surface area contributed by atoms with Crippen LogP contribution in [0.2, 0.25) is 0 Å². The number of aliphatic hydroxyl groups excluding tert-OH is 1. The third-order valence-corrected chi connectivity index (χ3v) is 7.45. The van der Waals surface area contributed by atoms with Crippen molar-refractivity contribution < 1.29 is 33.4 Å². The topological polar surface area (TPSA) is 146 Å². The van der Waals surface area contributed by atoms with E-state index in [0.717, 1.165) is 22.8 Å². The molecule has 1 unspecified atom stereocenters. The number of nitrogens with one attached hydrogen (secondary N) is 1. The number of aliphatic hydroxyl groups is 1. The van der Waals surface area contributed by atoms with Gasteiger partial charge >= 0.3 is 11.7 Å². The molecule has 2 N–H and O–H groups in total. The van der Waals surface area contributed by atoms with Crippen molar-refractivity contribution in [3.63, 3.8) is 0 Å². The summed E-state index contributed by atoms with van der Waals surface area (Å²) in [7, 11) is 0. The van der Waals surface area contributed by atoms with Gasteiger partial charge in [0.1, 0.15) is 41.9 Å². The normalized spacial score (nSPS) is 11.5. The summed E-state index contributed by atoms with van der Waals surface area (Å²) in [5.74, 6) is -1.07. The molecular formula is C32H30ClFN4O7S. The van der Waals surface area contributed by atoms with Crippen molar-refractivity contribution in [1.82, 2.24) is 14.1 Å². The Kier molecular flexibility index (Phi) is 11.9. The first-order valence-corrected chi connectivity index (χ1v) is 14.7. The fourth-order valence-corrected chi connectivity index (χ4v) is 5.11. The number of nitro groups is 1. The highest BCUT2D eigenvalue weighted by atomic mass is 35.5. The molecule has 0 aliphatic heterocycles. The van der Waals surface area contributed by atoms with E-state index >= 15 is 4.39 Å². The van der Waals surface area contributed by atoms with E-state index in [1.54, 1.807) is 49.4 Å². The van der Waals surface area contributed by atoms with E-state index in [1.807, 2.05) is 24.3 Å². The van der Waals surface area contributed by atoms with Crippen LogP contribution in [0.15, 0.2) is 78.9 Å². The van der Waals surface area contributed by atoms with Crippen molar-refractivity contribution in [3.8, 4) is 22.6 Å². The van der Waals surface area contributed by atoms with Gasteiger partial charge < -0.3 is 19.3 Å². The van der Waals surface area contributed by atoms with Gasteiger partial charge in [0, 0.05) is 35.4 Å².